The van der Waals surface area contributed by atoms with Gasteiger partial charge in [-0.3, -0.25) is 9.79 Å². The lowest BCUT2D eigenvalue weighted by atomic mass is 9.96. The van der Waals surface area contributed by atoms with Crippen LogP contribution >= 0.6 is 0 Å². The summed E-state index contributed by atoms with van der Waals surface area (Å²) in [5.74, 6) is 0.378. The maximum atomic E-state index is 13.5. The highest BCUT2D eigenvalue weighted by Crippen LogP contribution is 2.48. The number of hydrogen-bond donors (Lipinski definition) is 3. The Morgan fingerprint density at radius 3 is 2.72 bits per heavy atom. The smallest absolute Gasteiger partial charge is 0.222 e. The average Bonchev–Trinajstić information content (AvgIpc) is 3.38. The highest BCUT2D eigenvalue weighted by Gasteiger charge is 2.44. The average molecular weight is 425 g/mol. The number of hydrogen-bond acceptors (Lipinski definition) is 4. The number of aliphatic imine (C=N–C) groups is 1. The second kappa shape index (κ2) is 9.11. The minimum absolute atomic E-state index is 0.0262. The fourth-order valence-electron chi connectivity index (χ4n) is 3.58. The van der Waals surface area contributed by atoms with E-state index in [2.05, 4.69) is 20.9 Å². The zero-order chi connectivity index (χ0) is 20.9. The van der Waals surface area contributed by atoms with Gasteiger partial charge < -0.3 is 16.0 Å². The Kier molecular flexibility index (Phi) is 6.77. The van der Waals surface area contributed by atoms with Gasteiger partial charge in [-0.25, -0.2) is 12.8 Å². The lowest BCUT2D eigenvalue weighted by Crippen LogP contribution is -2.41. The summed E-state index contributed by atoms with van der Waals surface area (Å²) in [4.78, 5) is 16.7. The van der Waals surface area contributed by atoms with Gasteiger partial charge in [-0.15, -0.1) is 0 Å². The molecule has 2 fully saturated rings. The van der Waals surface area contributed by atoms with Crippen LogP contribution in [0.4, 0.5) is 4.39 Å². The third-order valence-corrected chi connectivity index (χ3v) is 7.18. The minimum atomic E-state index is -3.01. The summed E-state index contributed by atoms with van der Waals surface area (Å²) in [6.45, 7) is 3.59. The van der Waals surface area contributed by atoms with Crippen molar-refractivity contribution < 1.29 is 17.6 Å². The minimum Gasteiger partial charge on any atom is -0.357 e. The van der Waals surface area contributed by atoms with Gasteiger partial charge in [0.2, 0.25) is 5.91 Å². The Labute approximate surface area is 171 Å². The van der Waals surface area contributed by atoms with Gasteiger partial charge in [0.15, 0.2) is 15.8 Å². The highest BCUT2D eigenvalue weighted by molar-refractivity contribution is 7.91. The van der Waals surface area contributed by atoms with Crippen molar-refractivity contribution in [2.24, 2.45) is 4.99 Å². The van der Waals surface area contributed by atoms with Gasteiger partial charge in [0.05, 0.1) is 18.1 Å². The summed E-state index contributed by atoms with van der Waals surface area (Å²) in [5, 5.41) is 9.08. The Balaban J connectivity index is 1.48. The Hall–Kier alpha value is -2.16. The van der Waals surface area contributed by atoms with Gasteiger partial charge >= 0.3 is 0 Å². The first kappa shape index (κ1) is 21.5. The molecule has 2 aliphatic rings. The molecule has 9 heteroatoms. The van der Waals surface area contributed by atoms with E-state index in [4.69, 9.17) is 0 Å². The van der Waals surface area contributed by atoms with E-state index in [0.717, 1.165) is 18.4 Å². The van der Waals surface area contributed by atoms with Crippen molar-refractivity contribution in [3.63, 3.8) is 0 Å². The summed E-state index contributed by atoms with van der Waals surface area (Å²) in [6.07, 6.45) is 2.67. The molecule has 3 rings (SSSR count). The van der Waals surface area contributed by atoms with Crippen LogP contribution in [0.3, 0.4) is 0 Å². The number of amides is 1. The molecule has 7 nitrogen and oxygen atoms in total. The molecule has 1 amide bonds. The number of guanidine groups is 1. The molecule has 1 aliphatic carbocycles. The molecule has 1 saturated carbocycles. The van der Waals surface area contributed by atoms with E-state index in [-0.39, 0.29) is 41.1 Å². The van der Waals surface area contributed by atoms with Gasteiger partial charge in [0.1, 0.15) is 5.82 Å². The number of benzene rings is 1. The summed E-state index contributed by atoms with van der Waals surface area (Å²) in [7, 11) is -3.01. The number of nitrogens with one attached hydrogen (secondary N) is 3. The zero-order valence-electron chi connectivity index (χ0n) is 16.7. The lowest BCUT2D eigenvalue weighted by Gasteiger charge is -2.16. The zero-order valence-corrected chi connectivity index (χ0v) is 17.5. The molecular weight excluding hydrogens is 395 g/mol. The molecule has 1 heterocycles. The largest absolute Gasteiger partial charge is 0.357 e. The van der Waals surface area contributed by atoms with E-state index in [1.165, 1.54) is 6.07 Å². The molecule has 1 aromatic rings. The Bertz CT molecular complexity index is 868. The van der Waals surface area contributed by atoms with Crippen molar-refractivity contribution in [3.05, 3.63) is 35.6 Å². The monoisotopic (exact) mass is 424 g/mol. The normalized spacial score (nSPS) is 22.1. The van der Waals surface area contributed by atoms with Crippen LogP contribution in [0.5, 0.6) is 0 Å². The van der Waals surface area contributed by atoms with E-state index in [1.807, 2.05) is 13.0 Å². The van der Waals surface area contributed by atoms with Crippen molar-refractivity contribution in [1.82, 2.24) is 16.0 Å². The molecule has 160 valence electrons. The highest BCUT2D eigenvalue weighted by atomic mass is 32.2. The first-order valence-corrected chi connectivity index (χ1v) is 11.9. The van der Waals surface area contributed by atoms with Crippen molar-refractivity contribution >= 4 is 21.7 Å². The van der Waals surface area contributed by atoms with E-state index in [9.17, 15) is 17.6 Å². The quantitative estimate of drug-likeness (QED) is 0.429. The van der Waals surface area contributed by atoms with E-state index < -0.39 is 9.84 Å². The summed E-state index contributed by atoms with van der Waals surface area (Å²) in [5.41, 5.74) is 0.874. The van der Waals surface area contributed by atoms with Crippen LogP contribution < -0.4 is 16.0 Å². The number of carbonyl (C=O) groups is 1. The Morgan fingerprint density at radius 2 is 2.10 bits per heavy atom. The molecular formula is C20H29FN4O3S. The second-order valence-electron chi connectivity index (χ2n) is 7.83. The second-order valence-corrected chi connectivity index (χ2v) is 10.1. The maximum absolute atomic E-state index is 13.5. The van der Waals surface area contributed by atoms with Gasteiger partial charge in [-0.1, -0.05) is 12.1 Å². The summed E-state index contributed by atoms with van der Waals surface area (Å²) >= 11 is 0. The lowest BCUT2D eigenvalue weighted by molar-refractivity contribution is -0.121. The van der Waals surface area contributed by atoms with E-state index in [1.54, 1.807) is 12.1 Å². The number of carbonyl (C=O) groups excluding carboxylic acids is 1. The Morgan fingerprint density at radius 1 is 1.31 bits per heavy atom. The molecule has 1 unspecified atom stereocenters. The molecule has 3 N–H and O–H groups in total. The van der Waals surface area contributed by atoms with Crippen LogP contribution in [-0.4, -0.2) is 57.5 Å². The van der Waals surface area contributed by atoms with E-state index in [0.29, 0.717) is 32.0 Å². The van der Waals surface area contributed by atoms with Crippen molar-refractivity contribution in [3.8, 4) is 0 Å². The molecule has 0 spiro atoms. The fourth-order valence-corrected chi connectivity index (χ4v) is 5.26. The molecule has 0 bridgehead atoms. The topological polar surface area (TPSA) is 99.7 Å². The molecule has 0 radical (unpaired) electrons. The number of sulfone groups is 1. The predicted octanol–water partition coefficient (Wildman–Crippen LogP) is 1.11. The molecule has 1 atom stereocenters. The molecule has 1 aromatic carbocycles. The van der Waals surface area contributed by atoms with Crippen LogP contribution in [0, 0.1) is 5.82 Å². The van der Waals surface area contributed by atoms with Crippen LogP contribution in [0.15, 0.2) is 29.3 Å². The third kappa shape index (κ3) is 6.16. The summed E-state index contributed by atoms with van der Waals surface area (Å²) < 4.78 is 36.5. The van der Waals surface area contributed by atoms with Crippen LogP contribution in [0.25, 0.3) is 0 Å². The van der Waals surface area contributed by atoms with Gasteiger partial charge in [-0.05, 0) is 43.9 Å². The number of halogens is 1. The maximum Gasteiger partial charge on any atom is 0.222 e. The molecule has 0 aromatic heterocycles. The molecule has 29 heavy (non-hydrogen) atoms. The van der Waals surface area contributed by atoms with Crippen molar-refractivity contribution in [2.75, 3.05) is 31.1 Å². The fraction of sp³-hybridized carbons (Fsp3) is 0.600. The van der Waals surface area contributed by atoms with Gasteiger partial charge in [-0.2, -0.15) is 0 Å². The molecule has 1 saturated heterocycles. The third-order valence-electron chi connectivity index (χ3n) is 5.42. The standard InChI is InChI=1S/C20H29FN4O3S/c1-2-22-19(23-10-6-18(26)25-17-7-11-29(27,28)13-17)24-14-20(8-9-20)15-4-3-5-16(21)12-15/h3-5,12,17H,2,6-11,13-14H2,1H3,(H,25,26)(H2,22,23,24). The van der Waals surface area contributed by atoms with Gasteiger partial charge in [0, 0.05) is 31.0 Å². The summed E-state index contributed by atoms with van der Waals surface area (Å²) in [6, 6.07) is 6.41. The number of rotatable bonds is 8. The van der Waals surface area contributed by atoms with Crippen molar-refractivity contribution in [1.29, 1.82) is 0 Å². The SMILES string of the molecule is CCNC(=NCC1(c2cccc(F)c2)CC1)NCCC(=O)NC1CCS(=O)(=O)C1. The first-order chi connectivity index (χ1) is 13.8. The van der Waals surface area contributed by atoms with Crippen LogP contribution in [0.1, 0.15) is 38.2 Å². The van der Waals surface area contributed by atoms with Crippen LogP contribution in [0.2, 0.25) is 0 Å². The number of nitrogens with zero attached hydrogens (tertiary/aromatic N) is 1. The first-order valence-electron chi connectivity index (χ1n) is 10.1. The van der Waals surface area contributed by atoms with Crippen molar-refractivity contribution in [2.45, 2.75) is 44.1 Å². The molecule has 1 aliphatic heterocycles. The van der Waals surface area contributed by atoms with Gasteiger partial charge in [0.25, 0.3) is 0 Å². The predicted molar refractivity (Wildman–Crippen MR) is 111 cm³/mol. The van der Waals surface area contributed by atoms with E-state index >= 15 is 0 Å². The van der Waals surface area contributed by atoms with Crippen LogP contribution in [-0.2, 0) is 20.0 Å².